The Balaban J connectivity index is 2.85. The molecule has 0 fully saturated rings. The summed E-state index contributed by atoms with van der Waals surface area (Å²) in [6.45, 7) is 6.13. The van der Waals surface area contributed by atoms with Crippen molar-refractivity contribution in [2.24, 2.45) is 5.73 Å². The van der Waals surface area contributed by atoms with E-state index < -0.39 is 5.54 Å². The number of carbonyl (C=O) groups is 1. The molecule has 1 aromatic rings. The van der Waals surface area contributed by atoms with E-state index in [1.807, 2.05) is 13.8 Å². The highest BCUT2D eigenvalue weighted by molar-refractivity contribution is 5.97. The molecular formula is C13H21N3O2. The van der Waals surface area contributed by atoms with E-state index in [-0.39, 0.29) is 11.5 Å². The fourth-order valence-electron chi connectivity index (χ4n) is 1.76. The molecule has 0 aromatic carbocycles. The van der Waals surface area contributed by atoms with Crippen LogP contribution in [0, 0.1) is 0 Å². The predicted octanol–water partition coefficient (Wildman–Crippen LogP) is 1.32. The number of anilines is 1. The van der Waals surface area contributed by atoms with Gasteiger partial charge in [0.2, 0.25) is 5.91 Å². The van der Waals surface area contributed by atoms with Crippen LogP contribution in [0.25, 0.3) is 0 Å². The SMILES string of the molecule is CCCC(C)(N)C(=O)Nc1ccc(=O)n(CC)c1. The molecule has 18 heavy (non-hydrogen) atoms. The lowest BCUT2D eigenvalue weighted by Gasteiger charge is -2.22. The van der Waals surface area contributed by atoms with Gasteiger partial charge in [0.05, 0.1) is 11.2 Å². The third-order valence-electron chi connectivity index (χ3n) is 2.87. The minimum absolute atomic E-state index is 0.0837. The van der Waals surface area contributed by atoms with E-state index in [9.17, 15) is 9.59 Å². The molecule has 3 N–H and O–H groups in total. The zero-order valence-corrected chi connectivity index (χ0v) is 11.2. The van der Waals surface area contributed by atoms with Gasteiger partial charge in [-0.25, -0.2) is 0 Å². The molecule has 5 nitrogen and oxygen atoms in total. The maximum absolute atomic E-state index is 12.0. The van der Waals surface area contributed by atoms with E-state index in [0.29, 0.717) is 18.7 Å². The molecular weight excluding hydrogens is 230 g/mol. The monoisotopic (exact) mass is 251 g/mol. The normalized spacial score (nSPS) is 14.0. The van der Waals surface area contributed by atoms with Crippen LogP contribution in [0.1, 0.15) is 33.6 Å². The van der Waals surface area contributed by atoms with Crippen molar-refractivity contribution in [3.8, 4) is 0 Å². The number of carbonyl (C=O) groups excluding carboxylic acids is 1. The van der Waals surface area contributed by atoms with Gasteiger partial charge in [-0.15, -0.1) is 0 Å². The number of hydrogen-bond acceptors (Lipinski definition) is 3. The Morgan fingerprint density at radius 2 is 2.11 bits per heavy atom. The summed E-state index contributed by atoms with van der Waals surface area (Å²) in [5.74, 6) is -0.231. The summed E-state index contributed by atoms with van der Waals surface area (Å²) in [4.78, 5) is 23.4. The number of nitrogens with two attached hydrogens (primary N) is 1. The molecule has 0 bridgehead atoms. The maximum atomic E-state index is 12.0. The smallest absolute Gasteiger partial charge is 0.250 e. The van der Waals surface area contributed by atoms with Gasteiger partial charge in [0.15, 0.2) is 0 Å². The molecule has 0 aliphatic carbocycles. The molecule has 0 spiro atoms. The first kappa shape index (κ1) is 14.4. The highest BCUT2D eigenvalue weighted by Crippen LogP contribution is 2.12. The minimum Gasteiger partial charge on any atom is -0.323 e. The van der Waals surface area contributed by atoms with Crippen LogP contribution in [0.2, 0.25) is 0 Å². The number of aromatic nitrogens is 1. The molecule has 0 saturated heterocycles. The highest BCUT2D eigenvalue weighted by Gasteiger charge is 2.27. The quantitative estimate of drug-likeness (QED) is 0.828. The summed E-state index contributed by atoms with van der Waals surface area (Å²) >= 11 is 0. The van der Waals surface area contributed by atoms with Gasteiger partial charge in [0.1, 0.15) is 0 Å². The first-order valence-electron chi connectivity index (χ1n) is 6.21. The summed E-state index contributed by atoms with van der Waals surface area (Å²) < 4.78 is 1.53. The summed E-state index contributed by atoms with van der Waals surface area (Å²) in [5, 5.41) is 2.75. The molecule has 100 valence electrons. The van der Waals surface area contributed by atoms with Gasteiger partial charge in [0.25, 0.3) is 5.56 Å². The number of hydrogen-bond donors (Lipinski definition) is 2. The van der Waals surface area contributed by atoms with E-state index in [0.717, 1.165) is 6.42 Å². The summed E-state index contributed by atoms with van der Waals surface area (Å²) in [5.41, 5.74) is 5.56. The van der Waals surface area contributed by atoms with Gasteiger partial charge >= 0.3 is 0 Å². The lowest BCUT2D eigenvalue weighted by Crippen LogP contribution is -2.48. The van der Waals surface area contributed by atoms with Crippen molar-refractivity contribution < 1.29 is 4.79 Å². The molecule has 1 aromatic heterocycles. The van der Waals surface area contributed by atoms with Crippen molar-refractivity contribution in [2.75, 3.05) is 5.32 Å². The van der Waals surface area contributed by atoms with Crippen LogP contribution in [0.5, 0.6) is 0 Å². The molecule has 0 aliphatic heterocycles. The van der Waals surface area contributed by atoms with Gasteiger partial charge in [-0.3, -0.25) is 9.59 Å². The molecule has 0 radical (unpaired) electrons. The number of pyridine rings is 1. The number of aryl methyl sites for hydroxylation is 1. The Hall–Kier alpha value is -1.62. The van der Waals surface area contributed by atoms with Crippen LogP contribution in [-0.4, -0.2) is 16.0 Å². The first-order valence-corrected chi connectivity index (χ1v) is 6.21. The third-order valence-corrected chi connectivity index (χ3v) is 2.87. The van der Waals surface area contributed by atoms with E-state index in [1.54, 1.807) is 19.2 Å². The summed E-state index contributed by atoms with van der Waals surface area (Å²) in [6.07, 6.45) is 3.09. The fraction of sp³-hybridized carbons (Fsp3) is 0.538. The van der Waals surface area contributed by atoms with Crippen molar-refractivity contribution in [1.29, 1.82) is 0 Å². The van der Waals surface area contributed by atoms with Crippen molar-refractivity contribution >= 4 is 11.6 Å². The Morgan fingerprint density at radius 3 is 2.67 bits per heavy atom. The predicted molar refractivity (Wildman–Crippen MR) is 72.5 cm³/mol. The highest BCUT2D eigenvalue weighted by atomic mass is 16.2. The molecule has 1 amide bonds. The Morgan fingerprint density at radius 1 is 1.44 bits per heavy atom. The van der Waals surface area contributed by atoms with Crippen LogP contribution in [0.4, 0.5) is 5.69 Å². The molecule has 0 saturated carbocycles. The van der Waals surface area contributed by atoms with E-state index in [1.165, 1.54) is 10.6 Å². The van der Waals surface area contributed by atoms with Gasteiger partial charge < -0.3 is 15.6 Å². The van der Waals surface area contributed by atoms with Crippen molar-refractivity contribution in [2.45, 2.75) is 45.7 Å². The lowest BCUT2D eigenvalue weighted by molar-refractivity contribution is -0.120. The standard InChI is InChI=1S/C13H21N3O2/c1-4-8-13(3,14)12(18)15-10-6-7-11(17)16(5-2)9-10/h6-7,9H,4-5,8,14H2,1-3H3,(H,15,18). The fourth-order valence-corrected chi connectivity index (χ4v) is 1.76. The third kappa shape index (κ3) is 3.43. The largest absolute Gasteiger partial charge is 0.323 e. The van der Waals surface area contributed by atoms with Crippen LogP contribution in [0.3, 0.4) is 0 Å². The van der Waals surface area contributed by atoms with Gasteiger partial charge in [-0.2, -0.15) is 0 Å². The first-order chi connectivity index (χ1) is 8.40. The van der Waals surface area contributed by atoms with Crippen LogP contribution in [-0.2, 0) is 11.3 Å². The van der Waals surface area contributed by atoms with Crippen LogP contribution in [0.15, 0.2) is 23.1 Å². The number of amides is 1. The van der Waals surface area contributed by atoms with Gasteiger partial charge in [0, 0.05) is 18.8 Å². The van der Waals surface area contributed by atoms with Crippen molar-refractivity contribution in [1.82, 2.24) is 4.57 Å². The number of nitrogens with zero attached hydrogens (tertiary/aromatic N) is 1. The van der Waals surface area contributed by atoms with Crippen molar-refractivity contribution in [3.05, 3.63) is 28.7 Å². The number of nitrogens with one attached hydrogen (secondary N) is 1. The minimum atomic E-state index is -0.887. The topological polar surface area (TPSA) is 77.1 Å². The molecule has 1 unspecified atom stereocenters. The second-order valence-corrected chi connectivity index (χ2v) is 4.66. The summed E-state index contributed by atoms with van der Waals surface area (Å²) in [6, 6.07) is 3.03. The zero-order valence-electron chi connectivity index (χ0n) is 11.2. The second kappa shape index (κ2) is 5.82. The summed E-state index contributed by atoms with van der Waals surface area (Å²) in [7, 11) is 0. The van der Waals surface area contributed by atoms with Crippen molar-refractivity contribution in [3.63, 3.8) is 0 Å². The maximum Gasteiger partial charge on any atom is 0.250 e. The lowest BCUT2D eigenvalue weighted by atomic mass is 9.96. The van der Waals surface area contributed by atoms with E-state index in [4.69, 9.17) is 5.73 Å². The van der Waals surface area contributed by atoms with E-state index in [2.05, 4.69) is 5.32 Å². The molecule has 5 heteroatoms. The van der Waals surface area contributed by atoms with Gasteiger partial charge in [-0.05, 0) is 26.3 Å². The Kier molecular flexibility index (Phi) is 4.67. The number of rotatable bonds is 5. The van der Waals surface area contributed by atoms with Gasteiger partial charge in [-0.1, -0.05) is 13.3 Å². The van der Waals surface area contributed by atoms with E-state index >= 15 is 0 Å². The molecule has 0 aliphatic rings. The molecule has 1 rings (SSSR count). The average Bonchev–Trinajstić information content (AvgIpc) is 2.31. The Bertz CT molecular complexity index is 477. The van der Waals surface area contributed by atoms with Crippen LogP contribution >= 0.6 is 0 Å². The second-order valence-electron chi connectivity index (χ2n) is 4.66. The molecule has 1 heterocycles. The van der Waals surface area contributed by atoms with Crippen LogP contribution < -0.4 is 16.6 Å². The molecule has 1 atom stereocenters. The average molecular weight is 251 g/mol. The Labute approximate surface area is 107 Å². The zero-order chi connectivity index (χ0) is 13.8.